The Morgan fingerprint density at radius 2 is 2.40 bits per heavy atom. The second kappa shape index (κ2) is 3.62. The molecule has 4 heteroatoms. The van der Waals surface area contributed by atoms with Gasteiger partial charge in [-0.25, -0.2) is 0 Å². The lowest BCUT2D eigenvalue weighted by atomic mass is 10.1. The fourth-order valence-electron chi connectivity index (χ4n) is 1.78. The van der Waals surface area contributed by atoms with Crippen molar-refractivity contribution in [3.8, 4) is 6.07 Å². The number of carbonyl (C=O) groups is 1. The molecule has 1 heterocycles. The molecule has 15 heavy (non-hydrogen) atoms. The molecule has 0 unspecified atom stereocenters. The number of nitriles is 1. The van der Waals surface area contributed by atoms with Gasteiger partial charge >= 0.3 is 0 Å². The summed E-state index contributed by atoms with van der Waals surface area (Å²) in [5.41, 5.74) is 2.84. The number of nitrogens with one attached hydrogen (secondary N) is 1. The number of benzene rings is 1. The smallest absolute Gasteiger partial charge is 0.232 e. The summed E-state index contributed by atoms with van der Waals surface area (Å²) in [5.74, 6) is -0.000182. The number of rotatable bonds is 2. The number of nitrogens with zero attached hydrogens (tertiary/aromatic N) is 2. The molecule has 2 rings (SSSR count). The number of hydrogen-bond acceptors (Lipinski definition) is 3. The Labute approximate surface area is 88.1 Å². The molecule has 0 aromatic heterocycles. The van der Waals surface area contributed by atoms with E-state index in [9.17, 15) is 4.79 Å². The van der Waals surface area contributed by atoms with Crippen LogP contribution in [0.15, 0.2) is 18.2 Å². The fraction of sp³-hybridized carbons (Fsp3) is 0.273. The summed E-state index contributed by atoms with van der Waals surface area (Å²) in [6.07, 6.45) is 0.395. The first-order valence-electron chi connectivity index (χ1n) is 4.74. The van der Waals surface area contributed by atoms with Gasteiger partial charge in [0.25, 0.3) is 0 Å². The highest BCUT2D eigenvalue weighted by atomic mass is 16.2. The van der Waals surface area contributed by atoms with Gasteiger partial charge in [-0.2, -0.15) is 5.26 Å². The van der Waals surface area contributed by atoms with E-state index in [0.29, 0.717) is 6.42 Å². The van der Waals surface area contributed by atoms with Gasteiger partial charge in [-0.3, -0.25) is 9.69 Å². The van der Waals surface area contributed by atoms with Crippen molar-refractivity contribution in [3.63, 3.8) is 0 Å². The van der Waals surface area contributed by atoms with E-state index in [4.69, 9.17) is 5.26 Å². The SMILES string of the molecule is CNc1ccc2c(c1)CC(=O)N2CC#N. The summed E-state index contributed by atoms with van der Waals surface area (Å²) in [4.78, 5) is 13.1. The maximum Gasteiger partial charge on any atom is 0.232 e. The monoisotopic (exact) mass is 201 g/mol. The summed E-state index contributed by atoms with van der Waals surface area (Å²) in [7, 11) is 1.84. The van der Waals surface area contributed by atoms with E-state index < -0.39 is 0 Å². The van der Waals surface area contributed by atoms with Crippen molar-refractivity contribution in [3.05, 3.63) is 23.8 Å². The van der Waals surface area contributed by atoms with Crippen LogP contribution in [-0.2, 0) is 11.2 Å². The predicted molar refractivity (Wildman–Crippen MR) is 57.7 cm³/mol. The molecule has 0 spiro atoms. The zero-order valence-corrected chi connectivity index (χ0v) is 8.45. The molecule has 0 fully saturated rings. The van der Waals surface area contributed by atoms with Crippen molar-refractivity contribution in [1.82, 2.24) is 0 Å². The van der Waals surface area contributed by atoms with Crippen LogP contribution in [0.5, 0.6) is 0 Å². The molecule has 0 radical (unpaired) electrons. The minimum atomic E-state index is -0.000182. The van der Waals surface area contributed by atoms with Gasteiger partial charge in [-0.1, -0.05) is 0 Å². The van der Waals surface area contributed by atoms with Crippen LogP contribution in [0.25, 0.3) is 0 Å². The summed E-state index contributed by atoms with van der Waals surface area (Å²) >= 11 is 0. The normalized spacial score (nSPS) is 13.6. The average molecular weight is 201 g/mol. The third-order valence-electron chi connectivity index (χ3n) is 2.53. The van der Waals surface area contributed by atoms with Gasteiger partial charge in [0.1, 0.15) is 6.54 Å². The lowest BCUT2D eigenvalue weighted by Crippen LogP contribution is -2.26. The molecule has 1 aromatic carbocycles. The Kier molecular flexibility index (Phi) is 2.30. The van der Waals surface area contributed by atoms with E-state index in [1.807, 2.05) is 31.3 Å². The second-order valence-electron chi connectivity index (χ2n) is 3.41. The first-order chi connectivity index (χ1) is 7.26. The topological polar surface area (TPSA) is 56.1 Å². The number of fused-ring (bicyclic) bond motifs is 1. The molecule has 1 aliphatic rings. The van der Waals surface area contributed by atoms with E-state index in [-0.39, 0.29) is 12.5 Å². The van der Waals surface area contributed by atoms with Gasteiger partial charge in [-0.05, 0) is 23.8 Å². The zero-order chi connectivity index (χ0) is 10.8. The fourth-order valence-corrected chi connectivity index (χ4v) is 1.78. The van der Waals surface area contributed by atoms with Gasteiger partial charge in [0.15, 0.2) is 0 Å². The summed E-state index contributed by atoms with van der Waals surface area (Å²) in [6, 6.07) is 7.73. The first-order valence-corrected chi connectivity index (χ1v) is 4.74. The molecular formula is C11H11N3O. The van der Waals surface area contributed by atoms with Crippen molar-refractivity contribution in [1.29, 1.82) is 5.26 Å². The molecule has 4 nitrogen and oxygen atoms in total. The van der Waals surface area contributed by atoms with Crippen LogP contribution in [0.2, 0.25) is 0 Å². The van der Waals surface area contributed by atoms with Gasteiger partial charge in [0, 0.05) is 18.4 Å². The van der Waals surface area contributed by atoms with Crippen molar-refractivity contribution in [2.24, 2.45) is 0 Å². The van der Waals surface area contributed by atoms with Crippen LogP contribution >= 0.6 is 0 Å². The van der Waals surface area contributed by atoms with Crippen LogP contribution in [0, 0.1) is 11.3 Å². The molecule has 1 aliphatic heterocycles. The first kappa shape index (κ1) is 9.53. The van der Waals surface area contributed by atoms with Crippen molar-refractivity contribution < 1.29 is 4.79 Å². The molecule has 0 aliphatic carbocycles. The van der Waals surface area contributed by atoms with Gasteiger partial charge in [-0.15, -0.1) is 0 Å². The molecule has 76 valence electrons. The van der Waals surface area contributed by atoms with E-state index in [2.05, 4.69) is 5.32 Å². The Morgan fingerprint density at radius 3 is 3.07 bits per heavy atom. The van der Waals surface area contributed by atoms with Gasteiger partial charge in [0.2, 0.25) is 5.91 Å². The van der Waals surface area contributed by atoms with Crippen LogP contribution in [0.4, 0.5) is 11.4 Å². The van der Waals surface area contributed by atoms with Crippen molar-refractivity contribution in [2.75, 3.05) is 23.8 Å². The number of hydrogen-bond donors (Lipinski definition) is 1. The minimum Gasteiger partial charge on any atom is -0.388 e. The average Bonchev–Trinajstić information content (AvgIpc) is 2.55. The second-order valence-corrected chi connectivity index (χ2v) is 3.41. The quantitative estimate of drug-likeness (QED) is 0.730. The zero-order valence-electron chi connectivity index (χ0n) is 8.45. The van der Waals surface area contributed by atoms with E-state index >= 15 is 0 Å². The Bertz CT molecular complexity index is 448. The summed E-state index contributed by atoms with van der Waals surface area (Å²) in [5, 5.41) is 11.6. The molecule has 1 aromatic rings. The molecule has 0 atom stereocenters. The van der Waals surface area contributed by atoms with Gasteiger partial charge in [0.05, 0.1) is 12.5 Å². The van der Waals surface area contributed by atoms with Crippen LogP contribution in [0.1, 0.15) is 5.56 Å². The molecule has 0 bridgehead atoms. The molecular weight excluding hydrogens is 190 g/mol. The van der Waals surface area contributed by atoms with Gasteiger partial charge < -0.3 is 5.32 Å². The van der Waals surface area contributed by atoms with Crippen molar-refractivity contribution in [2.45, 2.75) is 6.42 Å². The van der Waals surface area contributed by atoms with Crippen LogP contribution in [-0.4, -0.2) is 19.5 Å². The number of amides is 1. The third kappa shape index (κ3) is 1.52. The van der Waals surface area contributed by atoms with E-state index in [1.165, 1.54) is 4.90 Å². The minimum absolute atomic E-state index is 0.000182. The predicted octanol–water partition coefficient (Wildman–Crippen LogP) is 1.14. The summed E-state index contributed by atoms with van der Waals surface area (Å²) in [6.45, 7) is 0.130. The number of carbonyl (C=O) groups excluding carboxylic acids is 1. The lowest BCUT2D eigenvalue weighted by Gasteiger charge is -2.13. The van der Waals surface area contributed by atoms with E-state index in [1.54, 1.807) is 0 Å². The maximum atomic E-state index is 11.6. The lowest BCUT2D eigenvalue weighted by molar-refractivity contribution is -0.117. The standard InChI is InChI=1S/C11H11N3O/c1-13-9-2-3-10-8(6-9)7-11(15)14(10)5-4-12/h2-3,6,13H,5,7H2,1H3. The Morgan fingerprint density at radius 1 is 1.60 bits per heavy atom. The number of anilines is 2. The van der Waals surface area contributed by atoms with Crippen LogP contribution in [0.3, 0.4) is 0 Å². The van der Waals surface area contributed by atoms with Crippen molar-refractivity contribution >= 4 is 17.3 Å². The van der Waals surface area contributed by atoms with E-state index in [0.717, 1.165) is 16.9 Å². The highest BCUT2D eigenvalue weighted by Crippen LogP contribution is 2.30. The molecule has 0 saturated carbocycles. The largest absolute Gasteiger partial charge is 0.388 e. The highest BCUT2D eigenvalue weighted by molar-refractivity contribution is 6.02. The highest BCUT2D eigenvalue weighted by Gasteiger charge is 2.26. The third-order valence-corrected chi connectivity index (χ3v) is 2.53. The van der Waals surface area contributed by atoms with Crippen LogP contribution < -0.4 is 10.2 Å². The molecule has 1 amide bonds. The maximum absolute atomic E-state index is 11.6. The Hall–Kier alpha value is -2.02. The molecule has 0 saturated heterocycles. The molecule has 1 N–H and O–H groups in total. The Balaban J connectivity index is 2.39. The summed E-state index contributed by atoms with van der Waals surface area (Å²) < 4.78 is 0.